The Bertz CT molecular complexity index is 622. The summed E-state index contributed by atoms with van der Waals surface area (Å²) in [6.45, 7) is 6.34. The highest BCUT2D eigenvalue weighted by Gasteiger charge is 2.14. The average molecular weight is 283 g/mol. The van der Waals surface area contributed by atoms with Gasteiger partial charge in [-0.05, 0) is 38.5 Å². The molecule has 3 heteroatoms. The van der Waals surface area contributed by atoms with E-state index in [9.17, 15) is 4.79 Å². The van der Waals surface area contributed by atoms with Gasteiger partial charge in [-0.3, -0.25) is 0 Å². The number of nitrogens with one attached hydrogen (secondary N) is 1. The highest BCUT2D eigenvalue weighted by molar-refractivity contribution is 5.95. The minimum Gasteiger partial charge on any atom is -0.462 e. The first-order valence-corrected chi connectivity index (χ1v) is 7.21. The van der Waals surface area contributed by atoms with Crippen LogP contribution in [-0.2, 0) is 4.74 Å². The summed E-state index contributed by atoms with van der Waals surface area (Å²) in [5.41, 5.74) is 3.78. The van der Waals surface area contributed by atoms with Crippen LogP contribution in [0.1, 0.15) is 41.4 Å². The van der Waals surface area contributed by atoms with Gasteiger partial charge in [0.2, 0.25) is 0 Å². The highest BCUT2D eigenvalue weighted by atomic mass is 16.5. The molecule has 2 rings (SSSR count). The Balaban J connectivity index is 2.21. The smallest absolute Gasteiger partial charge is 0.340 e. The van der Waals surface area contributed by atoms with Crippen molar-refractivity contribution in [2.45, 2.75) is 26.8 Å². The van der Waals surface area contributed by atoms with E-state index >= 15 is 0 Å². The van der Waals surface area contributed by atoms with E-state index in [1.165, 1.54) is 11.1 Å². The van der Waals surface area contributed by atoms with Crippen LogP contribution in [0.3, 0.4) is 0 Å². The lowest BCUT2D eigenvalue weighted by Gasteiger charge is -2.18. The van der Waals surface area contributed by atoms with Gasteiger partial charge in [0.1, 0.15) is 0 Å². The number of carbonyl (C=O) groups excluding carboxylic acids is 1. The van der Waals surface area contributed by atoms with E-state index in [1.54, 1.807) is 6.07 Å². The predicted octanol–water partition coefficient (Wildman–Crippen LogP) is 4.34. The van der Waals surface area contributed by atoms with E-state index in [1.807, 2.05) is 31.2 Å². The first kappa shape index (κ1) is 15.1. The molecule has 0 amide bonds. The maximum Gasteiger partial charge on any atom is 0.340 e. The van der Waals surface area contributed by atoms with E-state index in [0.29, 0.717) is 12.2 Å². The van der Waals surface area contributed by atoms with Gasteiger partial charge in [0.15, 0.2) is 0 Å². The van der Waals surface area contributed by atoms with Gasteiger partial charge in [0.05, 0.1) is 12.2 Å². The molecular formula is C18H21NO2. The monoisotopic (exact) mass is 283 g/mol. The van der Waals surface area contributed by atoms with E-state index < -0.39 is 0 Å². The first-order chi connectivity index (χ1) is 10.1. The lowest BCUT2D eigenvalue weighted by Crippen LogP contribution is -2.12. The van der Waals surface area contributed by atoms with Crippen molar-refractivity contribution >= 4 is 11.7 Å². The molecule has 1 atom stereocenters. The number of para-hydroxylation sites is 1. The van der Waals surface area contributed by atoms with Crippen molar-refractivity contribution in [3.8, 4) is 0 Å². The molecule has 1 N–H and O–H groups in total. The van der Waals surface area contributed by atoms with Gasteiger partial charge in [-0.2, -0.15) is 0 Å². The lowest BCUT2D eigenvalue weighted by atomic mass is 10.0. The largest absolute Gasteiger partial charge is 0.462 e. The second-order valence-electron chi connectivity index (χ2n) is 5.05. The van der Waals surface area contributed by atoms with Crippen molar-refractivity contribution in [2.24, 2.45) is 0 Å². The SMILES string of the molecule is CCOC(=O)c1ccccc1NC(C)c1cccc(C)c1. The number of hydrogen-bond donors (Lipinski definition) is 1. The molecule has 0 aliphatic heterocycles. The molecule has 3 nitrogen and oxygen atoms in total. The van der Waals surface area contributed by atoms with E-state index in [-0.39, 0.29) is 12.0 Å². The molecule has 21 heavy (non-hydrogen) atoms. The molecular weight excluding hydrogens is 262 g/mol. The molecule has 0 fully saturated rings. The van der Waals surface area contributed by atoms with Crippen LogP contribution in [0.25, 0.3) is 0 Å². The van der Waals surface area contributed by atoms with Crippen LogP contribution >= 0.6 is 0 Å². The Kier molecular flexibility index (Phi) is 4.99. The summed E-state index contributed by atoms with van der Waals surface area (Å²) in [7, 11) is 0. The third kappa shape index (κ3) is 3.85. The predicted molar refractivity (Wildman–Crippen MR) is 85.6 cm³/mol. The van der Waals surface area contributed by atoms with Crippen molar-refractivity contribution in [1.29, 1.82) is 0 Å². The molecule has 0 bridgehead atoms. The van der Waals surface area contributed by atoms with Gasteiger partial charge < -0.3 is 10.1 Å². The van der Waals surface area contributed by atoms with Crippen molar-refractivity contribution < 1.29 is 9.53 Å². The van der Waals surface area contributed by atoms with Crippen molar-refractivity contribution in [3.05, 3.63) is 65.2 Å². The maximum atomic E-state index is 12.0. The second kappa shape index (κ2) is 6.93. The molecule has 0 aromatic heterocycles. The van der Waals surface area contributed by atoms with Gasteiger partial charge >= 0.3 is 5.97 Å². The fourth-order valence-corrected chi connectivity index (χ4v) is 2.25. The lowest BCUT2D eigenvalue weighted by molar-refractivity contribution is 0.0527. The molecule has 0 aliphatic rings. The fourth-order valence-electron chi connectivity index (χ4n) is 2.25. The number of carbonyl (C=O) groups is 1. The molecule has 0 saturated carbocycles. The maximum absolute atomic E-state index is 12.0. The van der Waals surface area contributed by atoms with Gasteiger partial charge in [-0.1, -0.05) is 42.0 Å². The number of anilines is 1. The minimum absolute atomic E-state index is 0.112. The minimum atomic E-state index is -0.294. The topological polar surface area (TPSA) is 38.3 Å². The van der Waals surface area contributed by atoms with Crippen LogP contribution in [0.15, 0.2) is 48.5 Å². The number of ether oxygens (including phenoxy) is 1. The average Bonchev–Trinajstić information content (AvgIpc) is 2.48. The molecule has 2 aromatic carbocycles. The number of esters is 1. The summed E-state index contributed by atoms with van der Waals surface area (Å²) in [5.74, 6) is -0.294. The van der Waals surface area contributed by atoms with Crippen LogP contribution < -0.4 is 5.32 Å². The molecule has 0 aliphatic carbocycles. The summed E-state index contributed by atoms with van der Waals surface area (Å²) in [5, 5.41) is 3.39. The molecule has 2 aromatic rings. The Labute approximate surface area is 126 Å². The Hall–Kier alpha value is -2.29. The third-order valence-electron chi connectivity index (χ3n) is 3.34. The van der Waals surface area contributed by atoms with Crippen molar-refractivity contribution in [1.82, 2.24) is 0 Å². The Morgan fingerprint density at radius 1 is 1.19 bits per heavy atom. The van der Waals surface area contributed by atoms with Crippen LogP contribution in [0.5, 0.6) is 0 Å². The summed E-state index contributed by atoms with van der Waals surface area (Å²) in [4.78, 5) is 12.0. The van der Waals surface area contributed by atoms with Gasteiger partial charge in [0.25, 0.3) is 0 Å². The van der Waals surface area contributed by atoms with Gasteiger partial charge in [0, 0.05) is 11.7 Å². The second-order valence-corrected chi connectivity index (χ2v) is 5.05. The number of hydrogen-bond acceptors (Lipinski definition) is 3. The molecule has 1 unspecified atom stereocenters. The van der Waals surface area contributed by atoms with Crippen LogP contribution in [0, 0.1) is 6.92 Å². The van der Waals surface area contributed by atoms with Crippen LogP contribution in [-0.4, -0.2) is 12.6 Å². The number of benzene rings is 2. The van der Waals surface area contributed by atoms with Gasteiger partial charge in [-0.15, -0.1) is 0 Å². The summed E-state index contributed by atoms with van der Waals surface area (Å²) in [6, 6.07) is 15.9. The number of aryl methyl sites for hydroxylation is 1. The summed E-state index contributed by atoms with van der Waals surface area (Å²) in [6.07, 6.45) is 0. The van der Waals surface area contributed by atoms with E-state index in [4.69, 9.17) is 4.74 Å². The number of rotatable bonds is 5. The highest BCUT2D eigenvalue weighted by Crippen LogP contribution is 2.23. The normalized spacial score (nSPS) is 11.8. The zero-order valence-corrected chi connectivity index (χ0v) is 12.7. The Morgan fingerprint density at radius 2 is 1.95 bits per heavy atom. The van der Waals surface area contributed by atoms with Crippen molar-refractivity contribution in [3.63, 3.8) is 0 Å². The van der Waals surface area contributed by atoms with Crippen LogP contribution in [0.2, 0.25) is 0 Å². The molecule has 0 heterocycles. The summed E-state index contributed by atoms with van der Waals surface area (Å²) >= 11 is 0. The molecule has 0 radical (unpaired) electrons. The Morgan fingerprint density at radius 3 is 2.67 bits per heavy atom. The third-order valence-corrected chi connectivity index (χ3v) is 3.34. The molecule has 0 saturated heterocycles. The zero-order valence-electron chi connectivity index (χ0n) is 12.7. The van der Waals surface area contributed by atoms with E-state index in [2.05, 4.69) is 37.4 Å². The van der Waals surface area contributed by atoms with Crippen molar-refractivity contribution in [2.75, 3.05) is 11.9 Å². The summed E-state index contributed by atoms with van der Waals surface area (Å²) < 4.78 is 5.10. The van der Waals surface area contributed by atoms with Gasteiger partial charge in [-0.25, -0.2) is 4.79 Å². The quantitative estimate of drug-likeness (QED) is 0.829. The molecule has 110 valence electrons. The fraction of sp³-hybridized carbons (Fsp3) is 0.278. The molecule has 0 spiro atoms. The zero-order chi connectivity index (χ0) is 15.2. The van der Waals surface area contributed by atoms with Crippen LogP contribution in [0.4, 0.5) is 5.69 Å². The standard InChI is InChI=1S/C18H21NO2/c1-4-21-18(20)16-10-5-6-11-17(16)19-14(3)15-9-7-8-13(2)12-15/h5-12,14,19H,4H2,1-3H3. The van der Waals surface area contributed by atoms with E-state index in [0.717, 1.165) is 5.69 Å². The first-order valence-electron chi connectivity index (χ1n) is 7.21.